The first kappa shape index (κ1) is 13.2. The summed E-state index contributed by atoms with van der Waals surface area (Å²) < 4.78 is 7.43. The first-order valence-corrected chi connectivity index (χ1v) is 6.56. The van der Waals surface area contributed by atoms with Crippen LogP contribution >= 0.6 is 11.6 Å². The zero-order valence-corrected chi connectivity index (χ0v) is 11.5. The zero-order valence-electron chi connectivity index (χ0n) is 10.7. The number of rotatable bonds is 5. The first-order chi connectivity index (χ1) is 8.74. The maximum atomic E-state index is 9.48. The van der Waals surface area contributed by atoms with Crippen molar-refractivity contribution in [1.29, 1.82) is 0 Å². The molecular formula is C14H18ClNO2. The van der Waals surface area contributed by atoms with E-state index in [-0.39, 0.29) is 6.61 Å². The van der Waals surface area contributed by atoms with Crippen molar-refractivity contribution in [3.05, 3.63) is 28.9 Å². The minimum absolute atomic E-state index is 0.0539. The van der Waals surface area contributed by atoms with E-state index >= 15 is 0 Å². The van der Waals surface area contributed by atoms with Crippen LogP contribution in [0.25, 0.3) is 10.9 Å². The number of ether oxygens (including phenoxy) is 1. The van der Waals surface area contributed by atoms with Crippen LogP contribution < -0.4 is 4.74 Å². The van der Waals surface area contributed by atoms with Crippen LogP contribution in [0.1, 0.15) is 25.3 Å². The second-order valence-corrected chi connectivity index (χ2v) is 4.65. The molecule has 0 fully saturated rings. The van der Waals surface area contributed by atoms with E-state index in [0.29, 0.717) is 5.15 Å². The van der Waals surface area contributed by atoms with Crippen LogP contribution in [-0.4, -0.2) is 16.8 Å². The van der Waals surface area contributed by atoms with E-state index in [1.807, 2.05) is 22.8 Å². The molecule has 0 atom stereocenters. The third-order valence-electron chi connectivity index (χ3n) is 3.19. The standard InChI is InChI=1S/C14H18ClNO2/c1-3-4-8-16-13-10(11(9-17)14(16)15)6-5-7-12(13)18-2/h5-7,17H,3-4,8-9H2,1-2H3. The highest BCUT2D eigenvalue weighted by atomic mass is 35.5. The molecule has 0 aliphatic rings. The number of unbranched alkanes of at least 4 members (excludes halogenated alkanes) is 1. The number of nitrogens with zero attached hydrogens (tertiary/aromatic N) is 1. The molecule has 18 heavy (non-hydrogen) atoms. The highest BCUT2D eigenvalue weighted by Crippen LogP contribution is 2.35. The van der Waals surface area contributed by atoms with Crippen LogP contribution in [0.4, 0.5) is 0 Å². The Labute approximate surface area is 112 Å². The van der Waals surface area contributed by atoms with E-state index in [1.165, 1.54) is 0 Å². The Morgan fingerprint density at radius 1 is 1.39 bits per heavy atom. The van der Waals surface area contributed by atoms with Crippen molar-refractivity contribution in [2.24, 2.45) is 0 Å². The van der Waals surface area contributed by atoms with E-state index in [1.54, 1.807) is 7.11 Å². The smallest absolute Gasteiger partial charge is 0.143 e. The van der Waals surface area contributed by atoms with E-state index < -0.39 is 0 Å². The molecule has 0 aliphatic carbocycles. The number of aliphatic hydroxyl groups excluding tert-OH is 1. The van der Waals surface area contributed by atoms with Crippen LogP contribution in [0, 0.1) is 0 Å². The lowest BCUT2D eigenvalue weighted by Crippen LogP contribution is -1.99. The highest BCUT2D eigenvalue weighted by molar-refractivity contribution is 6.32. The molecule has 3 nitrogen and oxygen atoms in total. The van der Waals surface area contributed by atoms with Crippen LogP contribution in [0.15, 0.2) is 18.2 Å². The predicted octanol–water partition coefficient (Wildman–Crippen LogP) is 3.60. The molecule has 0 unspecified atom stereocenters. The first-order valence-electron chi connectivity index (χ1n) is 6.19. The number of benzene rings is 1. The Hall–Kier alpha value is -1.19. The van der Waals surface area contributed by atoms with Gasteiger partial charge in [-0.25, -0.2) is 0 Å². The van der Waals surface area contributed by atoms with Gasteiger partial charge in [0, 0.05) is 17.5 Å². The minimum Gasteiger partial charge on any atom is -0.495 e. The van der Waals surface area contributed by atoms with Crippen molar-refractivity contribution in [3.8, 4) is 5.75 Å². The molecule has 2 aromatic rings. The average Bonchev–Trinajstić information content (AvgIpc) is 2.67. The van der Waals surface area contributed by atoms with Crippen molar-refractivity contribution >= 4 is 22.5 Å². The maximum Gasteiger partial charge on any atom is 0.143 e. The number of para-hydroxylation sites is 1. The normalized spacial score (nSPS) is 11.1. The quantitative estimate of drug-likeness (QED) is 0.898. The van der Waals surface area contributed by atoms with E-state index in [2.05, 4.69) is 6.92 Å². The molecule has 0 saturated heterocycles. The van der Waals surface area contributed by atoms with Crippen molar-refractivity contribution in [2.45, 2.75) is 32.9 Å². The third-order valence-corrected chi connectivity index (χ3v) is 3.63. The van der Waals surface area contributed by atoms with Gasteiger partial charge in [0.15, 0.2) is 0 Å². The molecule has 0 saturated carbocycles. The van der Waals surface area contributed by atoms with Gasteiger partial charge in [0.2, 0.25) is 0 Å². The summed E-state index contributed by atoms with van der Waals surface area (Å²) in [5.41, 5.74) is 1.75. The summed E-state index contributed by atoms with van der Waals surface area (Å²) >= 11 is 6.36. The molecule has 1 aromatic carbocycles. The van der Waals surface area contributed by atoms with Crippen molar-refractivity contribution < 1.29 is 9.84 Å². The summed E-state index contributed by atoms with van der Waals surface area (Å²) in [6.07, 6.45) is 2.14. The number of aliphatic hydroxyl groups is 1. The van der Waals surface area contributed by atoms with Gasteiger partial charge < -0.3 is 14.4 Å². The van der Waals surface area contributed by atoms with Gasteiger partial charge in [0.1, 0.15) is 10.9 Å². The largest absolute Gasteiger partial charge is 0.495 e. The maximum absolute atomic E-state index is 9.48. The molecule has 98 valence electrons. The number of halogens is 1. The Morgan fingerprint density at radius 3 is 2.78 bits per heavy atom. The molecule has 1 aromatic heterocycles. The zero-order chi connectivity index (χ0) is 13.1. The summed E-state index contributed by atoms with van der Waals surface area (Å²) in [6, 6.07) is 5.81. The lowest BCUT2D eigenvalue weighted by atomic mass is 10.2. The Morgan fingerprint density at radius 2 is 2.17 bits per heavy atom. The summed E-state index contributed by atoms with van der Waals surface area (Å²) in [5, 5.41) is 11.1. The fourth-order valence-corrected chi connectivity index (χ4v) is 2.59. The van der Waals surface area contributed by atoms with Gasteiger partial charge in [-0.3, -0.25) is 0 Å². The average molecular weight is 268 g/mol. The number of methoxy groups -OCH3 is 1. The second kappa shape index (κ2) is 5.63. The van der Waals surface area contributed by atoms with Gasteiger partial charge in [-0.15, -0.1) is 0 Å². The van der Waals surface area contributed by atoms with Crippen LogP contribution in [0.3, 0.4) is 0 Å². The number of aryl methyl sites for hydroxylation is 1. The monoisotopic (exact) mass is 267 g/mol. The molecule has 0 amide bonds. The van der Waals surface area contributed by atoms with Crippen molar-refractivity contribution in [3.63, 3.8) is 0 Å². The second-order valence-electron chi connectivity index (χ2n) is 4.29. The van der Waals surface area contributed by atoms with Crippen LogP contribution in [0.2, 0.25) is 5.15 Å². The SMILES string of the molecule is CCCCn1c(Cl)c(CO)c2cccc(OC)c21. The molecular weight excluding hydrogens is 250 g/mol. The van der Waals surface area contributed by atoms with E-state index in [9.17, 15) is 5.11 Å². The van der Waals surface area contributed by atoms with Gasteiger partial charge in [-0.2, -0.15) is 0 Å². The molecule has 4 heteroatoms. The predicted molar refractivity (Wildman–Crippen MR) is 74.3 cm³/mol. The van der Waals surface area contributed by atoms with Crippen LogP contribution in [0.5, 0.6) is 5.75 Å². The van der Waals surface area contributed by atoms with Crippen molar-refractivity contribution in [2.75, 3.05) is 7.11 Å². The molecule has 0 aliphatic heterocycles. The summed E-state index contributed by atoms with van der Waals surface area (Å²) in [5.74, 6) is 0.796. The fraction of sp³-hybridized carbons (Fsp3) is 0.429. The summed E-state index contributed by atoms with van der Waals surface area (Å²) in [7, 11) is 1.65. The van der Waals surface area contributed by atoms with Gasteiger partial charge in [-0.1, -0.05) is 37.1 Å². The van der Waals surface area contributed by atoms with E-state index in [4.69, 9.17) is 16.3 Å². The van der Waals surface area contributed by atoms with Gasteiger partial charge in [-0.05, 0) is 12.5 Å². The molecule has 0 spiro atoms. The molecule has 1 N–H and O–H groups in total. The molecule has 0 bridgehead atoms. The molecule has 1 heterocycles. The van der Waals surface area contributed by atoms with Gasteiger partial charge in [0.25, 0.3) is 0 Å². The lowest BCUT2D eigenvalue weighted by Gasteiger charge is -2.09. The number of aromatic nitrogens is 1. The Bertz CT molecular complexity index is 548. The Balaban J connectivity index is 2.69. The topological polar surface area (TPSA) is 34.4 Å². The fourth-order valence-electron chi connectivity index (χ4n) is 2.26. The summed E-state index contributed by atoms with van der Waals surface area (Å²) in [6.45, 7) is 2.93. The van der Waals surface area contributed by atoms with E-state index in [0.717, 1.165) is 41.6 Å². The van der Waals surface area contributed by atoms with Gasteiger partial charge in [0.05, 0.1) is 19.2 Å². The van der Waals surface area contributed by atoms with Crippen molar-refractivity contribution in [1.82, 2.24) is 4.57 Å². The summed E-state index contributed by atoms with van der Waals surface area (Å²) in [4.78, 5) is 0. The number of fused-ring (bicyclic) bond motifs is 1. The molecule has 2 rings (SSSR count). The van der Waals surface area contributed by atoms with Gasteiger partial charge >= 0.3 is 0 Å². The highest BCUT2D eigenvalue weighted by Gasteiger charge is 2.17. The van der Waals surface area contributed by atoms with Crippen LogP contribution in [-0.2, 0) is 13.2 Å². The number of hydrogen-bond donors (Lipinski definition) is 1. The molecule has 0 radical (unpaired) electrons. The minimum atomic E-state index is -0.0539. The number of hydrogen-bond acceptors (Lipinski definition) is 2. The third kappa shape index (κ3) is 2.08. The Kier molecular flexibility index (Phi) is 4.15. The lowest BCUT2D eigenvalue weighted by molar-refractivity contribution is 0.283.